The second-order valence-electron chi connectivity index (χ2n) is 3.07. The van der Waals surface area contributed by atoms with E-state index >= 15 is 0 Å². The predicted octanol–water partition coefficient (Wildman–Crippen LogP) is 1.25. The third-order valence-corrected chi connectivity index (χ3v) is 1.83. The van der Waals surface area contributed by atoms with Crippen LogP contribution in [0.4, 0.5) is 8.78 Å². The van der Waals surface area contributed by atoms with E-state index in [0.29, 0.717) is 12.5 Å². The molecular weight excluding hydrogens is 164 g/mol. The first-order valence-electron chi connectivity index (χ1n) is 4.24. The molecule has 0 aromatic heterocycles. The quantitative estimate of drug-likeness (QED) is 0.646. The molecule has 0 aromatic carbocycles. The zero-order valence-electron chi connectivity index (χ0n) is 7.56. The Bertz CT molecular complexity index is 111. The average Bonchev–Trinajstić information content (AvgIpc) is 2.03. The minimum atomic E-state index is -2.64. The maximum Gasteiger partial charge on any atom is 0.265 e. The molecule has 4 heteroatoms. The van der Waals surface area contributed by atoms with Crippen LogP contribution in [0.5, 0.6) is 0 Å². The van der Waals surface area contributed by atoms with Gasteiger partial charge in [-0.2, -0.15) is 0 Å². The van der Waals surface area contributed by atoms with Crippen LogP contribution in [0.1, 0.15) is 20.3 Å². The first-order chi connectivity index (χ1) is 5.57. The van der Waals surface area contributed by atoms with Gasteiger partial charge in [-0.05, 0) is 12.5 Å². The smallest absolute Gasteiger partial charge is 0.265 e. The molecular formula is C8H17F2NO. The maximum absolute atomic E-state index is 11.7. The zero-order valence-corrected chi connectivity index (χ0v) is 7.56. The van der Waals surface area contributed by atoms with Crippen molar-refractivity contribution in [2.45, 2.75) is 32.8 Å². The van der Waals surface area contributed by atoms with E-state index in [2.05, 4.69) is 5.32 Å². The van der Waals surface area contributed by atoms with Crippen LogP contribution in [0, 0.1) is 5.92 Å². The highest BCUT2D eigenvalue weighted by Gasteiger charge is 2.15. The monoisotopic (exact) mass is 181 g/mol. The van der Waals surface area contributed by atoms with Crippen LogP contribution in [-0.4, -0.2) is 30.7 Å². The highest BCUT2D eigenvalue weighted by Crippen LogP contribution is 2.00. The number of halogens is 2. The molecule has 0 saturated carbocycles. The van der Waals surface area contributed by atoms with Crippen molar-refractivity contribution in [3.63, 3.8) is 0 Å². The first-order valence-corrected chi connectivity index (χ1v) is 4.24. The minimum absolute atomic E-state index is 0.0258. The lowest BCUT2D eigenvalue weighted by Crippen LogP contribution is -2.34. The van der Waals surface area contributed by atoms with Crippen LogP contribution in [0.2, 0.25) is 0 Å². The fourth-order valence-corrected chi connectivity index (χ4v) is 0.711. The highest BCUT2D eigenvalue weighted by molar-refractivity contribution is 4.63. The third kappa shape index (κ3) is 5.43. The van der Waals surface area contributed by atoms with Crippen molar-refractivity contribution < 1.29 is 13.9 Å². The Kier molecular flexibility index (Phi) is 6.20. The van der Waals surface area contributed by atoms with Crippen molar-refractivity contribution in [3.05, 3.63) is 0 Å². The summed E-state index contributed by atoms with van der Waals surface area (Å²) in [6.45, 7) is 4.72. The summed E-state index contributed by atoms with van der Waals surface area (Å²) in [5, 5.41) is 11.5. The number of rotatable bonds is 6. The summed E-state index contributed by atoms with van der Waals surface area (Å²) in [5.41, 5.74) is 0. The van der Waals surface area contributed by atoms with Gasteiger partial charge in [0.05, 0.1) is 0 Å². The van der Waals surface area contributed by atoms with E-state index in [1.165, 1.54) is 0 Å². The van der Waals surface area contributed by atoms with E-state index in [-0.39, 0.29) is 6.54 Å². The molecule has 0 aliphatic heterocycles. The molecule has 0 saturated heterocycles. The standard InChI is InChI=1S/C8H17F2NO/c1-3-6(2)4-11-5-7(12)8(9)10/h6-8,11-12H,3-5H2,1-2H3. The van der Waals surface area contributed by atoms with E-state index in [1.54, 1.807) is 0 Å². The van der Waals surface area contributed by atoms with Crippen LogP contribution in [0.3, 0.4) is 0 Å². The summed E-state index contributed by atoms with van der Waals surface area (Å²) >= 11 is 0. The molecule has 12 heavy (non-hydrogen) atoms. The Morgan fingerprint density at radius 3 is 2.33 bits per heavy atom. The molecule has 74 valence electrons. The van der Waals surface area contributed by atoms with Crippen molar-refractivity contribution in [2.75, 3.05) is 13.1 Å². The second-order valence-corrected chi connectivity index (χ2v) is 3.07. The number of aliphatic hydroxyl groups excluding tert-OH is 1. The van der Waals surface area contributed by atoms with E-state index in [1.807, 2.05) is 13.8 Å². The molecule has 0 aromatic rings. The van der Waals surface area contributed by atoms with E-state index in [4.69, 9.17) is 5.11 Å². The van der Waals surface area contributed by atoms with Gasteiger partial charge in [0.15, 0.2) is 0 Å². The van der Waals surface area contributed by atoms with Gasteiger partial charge in [-0.25, -0.2) is 8.78 Å². The van der Waals surface area contributed by atoms with Crippen LogP contribution < -0.4 is 5.32 Å². The van der Waals surface area contributed by atoms with Crippen LogP contribution in [0.25, 0.3) is 0 Å². The minimum Gasteiger partial charge on any atom is -0.386 e. The van der Waals surface area contributed by atoms with E-state index < -0.39 is 12.5 Å². The van der Waals surface area contributed by atoms with Gasteiger partial charge in [0.25, 0.3) is 6.43 Å². The zero-order chi connectivity index (χ0) is 9.56. The number of hydrogen-bond acceptors (Lipinski definition) is 2. The Hall–Kier alpha value is -0.220. The summed E-state index contributed by atoms with van der Waals surface area (Å²) in [6, 6.07) is 0. The van der Waals surface area contributed by atoms with Crippen molar-refractivity contribution >= 4 is 0 Å². The molecule has 2 nitrogen and oxygen atoms in total. The van der Waals surface area contributed by atoms with Crippen LogP contribution in [-0.2, 0) is 0 Å². The SMILES string of the molecule is CCC(C)CNCC(O)C(F)F. The van der Waals surface area contributed by atoms with E-state index in [0.717, 1.165) is 6.42 Å². The number of nitrogens with one attached hydrogen (secondary N) is 1. The number of hydrogen-bond donors (Lipinski definition) is 2. The molecule has 0 radical (unpaired) electrons. The normalized spacial score (nSPS) is 16.5. The molecule has 0 aliphatic carbocycles. The van der Waals surface area contributed by atoms with Gasteiger partial charge >= 0.3 is 0 Å². The highest BCUT2D eigenvalue weighted by atomic mass is 19.3. The molecule has 0 heterocycles. The molecule has 0 fully saturated rings. The van der Waals surface area contributed by atoms with Crippen LogP contribution in [0.15, 0.2) is 0 Å². The van der Waals surface area contributed by atoms with Crippen molar-refractivity contribution in [1.29, 1.82) is 0 Å². The lowest BCUT2D eigenvalue weighted by Gasteiger charge is -2.13. The predicted molar refractivity (Wildman–Crippen MR) is 44.3 cm³/mol. The molecule has 2 atom stereocenters. The van der Waals surface area contributed by atoms with Gasteiger partial charge in [-0.15, -0.1) is 0 Å². The van der Waals surface area contributed by atoms with E-state index in [9.17, 15) is 8.78 Å². The molecule has 2 N–H and O–H groups in total. The lowest BCUT2D eigenvalue weighted by atomic mass is 10.1. The van der Waals surface area contributed by atoms with Crippen molar-refractivity contribution in [2.24, 2.45) is 5.92 Å². The van der Waals surface area contributed by atoms with Gasteiger partial charge in [0.1, 0.15) is 6.10 Å². The van der Waals surface area contributed by atoms with Crippen LogP contribution >= 0.6 is 0 Å². The molecule has 2 unspecified atom stereocenters. The summed E-state index contributed by atoms with van der Waals surface area (Å²) in [7, 11) is 0. The molecule has 0 amide bonds. The fourth-order valence-electron chi connectivity index (χ4n) is 0.711. The van der Waals surface area contributed by atoms with Crippen molar-refractivity contribution in [3.8, 4) is 0 Å². The molecule has 0 bridgehead atoms. The average molecular weight is 181 g/mol. The summed E-state index contributed by atoms with van der Waals surface area (Å²) in [5.74, 6) is 0.467. The largest absolute Gasteiger partial charge is 0.386 e. The third-order valence-electron chi connectivity index (χ3n) is 1.83. The lowest BCUT2D eigenvalue weighted by molar-refractivity contribution is -0.00354. The Balaban J connectivity index is 3.30. The Morgan fingerprint density at radius 1 is 1.33 bits per heavy atom. The molecule has 0 spiro atoms. The van der Waals surface area contributed by atoms with Gasteiger partial charge in [0.2, 0.25) is 0 Å². The Labute approximate surface area is 72.0 Å². The maximum atomic E-state index is 11.7. The molecule has 0 aliphatic rings. The summed E-state index contributed by atoms with van der Waals surface area (Å²) in [4.78, 5) is 0. The Morgan fingerprint density at radius 2 is 1.92 bits per heavy atom. The van der Waals surface area contributed by atoms with Gasteiger partial charge in [0, 0.05) is 6.54 Å². The summed E-state index contributed by atoms with van der Waals surface area (Å²) in [6.07, 6.45) is -3.17. The number of aliphatic hydroxyl groups is 1. The van der Waals surface area contributed by atoms with Gasteiger partial charge < -0.3 is 10.4 Å². The second kappa shape index (κ2) is 6.31. The van der Waals surface area contributed by atoms with Gasteiger partial charge in [-0.3, -0.25) is 0 Å². The topological polar surface area (TPSA) is 32.3 Å². The molecule has 0 rings (SSSR count). The first kappa shape index (κ1) is 11.8. The van der Waals surface area contributed by atoms with Gasteiger partial charge in [-0.1, -0.05) is 20.3 Å². The fraction of sp³-hybridized carbons (Fsp3) is 1.00. The van der Waals surface area contributed by atoms with Crippen molar-refractivity contribution in [1.82, 2.24) is 5.32 Å². The summed E-state index contributed by atoms with van der Waals surface area (Å²) < 4.78 is 23.5. The number of alkyl halides is 2.